The summed E-state index contributed by atoms with van der Waals surface area (Å²) in [5.41, 5.74) is 3.17. The molecular weight excluding hydrogens is 267 g/mol. The summed E-state index contributed by atoms with van der Waals surface area (Å²) in [6.45, 7) is 0.656. The lowest BCUT2D eigenvalue weighted by Crippen LogP contribution is -2.01. The molecule has 0 saturated carbocycles. The fourth-order valence-corrected chi connectivity index (χ4v) is 2.57. The van der Waals surface area contributed by atoms with Gasteiger partial charge < -0.3 is 14.6 Å². The third-order valence-electron chi connectivity index (χ3n) is 3.61. The lowest BCUT2D eigenvalue weighted by Gasteiger charge is -2.10. The second kappa shape index (κ2) is 5.48. The molecular formula is C17H17FN2O. The summed E-state index contributed by atoms with van der Waals surface area (Å²) in [4.78, 5) is 0. The molecule has 2 aromatic carbocycles. The monoisotopic (exact) mass is 284 g/mol. The van der Waals surface area contributed by atoms with Crippen molar-refractivity contribution in [1.29, 1.82) is 0 Å². The van der Waals surface area contributed by atoms with Gasteiger partial charge in [-0.2, -0.15) is 0 Å². The summed E-state index contributed by atoms with van der Waals surface area (Å²) in [7, 11) is 3.57. The Kier molecular flexibility index (Phi) is 3.52. The van der Waals surface area contributed by atoms with Gasteiger partial charge in [-0.25, -0.2) is 4.39 Å². The molecule has 0 spiro atoms. The van der Waals surface area contributed by atoms with E-state index < -0.39 is 0 Å². The van der Waals surface area contributed by atoms with E-state index in [0.29, 0.717) is 12.3 Å². The van der Waals surface area contributed by atoms with Crippen molar-refractivity contribution in [2.24, 2.45) is 7.05 Å². The van der Waals surface area contributed by atoms with Crippen LogP contribution in [-0.2, 0) is 13.6 Å². The van der Waals surface area contributed by atoms with Crippen LogP contribution in [0.4, 0.5) is 10.1 Å². The Balaban J connectivity index is 1.87. The van der Waals surface area contributed by atoms with Crippen LogP contribution >= 0.6 is 0 Å². The molecule has 1 aromatic heterocycles. The van der Waals surface area contributed by atoms with Crippen molar-refractivity contribution in [2.45, 2.75) is 6.54 Å². The smallest absolute Gasteiger partial charge is 0.144 e. The third-order valence-corrected chi connectivity index (χ3v) is 3.61. The quantitative estimate of drug-likeness (QED) is 0.785. The molecule has 0 radical (unpaired) electrons. The van der Waals surface area contributed by atoms with Crippen molar-refractivity contribution in [3.05, 3.63) is 60.0 Å². The molecule has 108 valence electrons. The van der Waals surface area contributed by atoms with E-state index in [1.807, 2.05) is 19.2 Å². The number of hydrogen-bond donors (Lipinski definition) is 1. The minimum atomic E-state index is -0.303. The molecule has 0 bridgehead atoms. The fourth-order valence-electron chi connectivity index (χ4n) is 2.57. The number of benzene rings is 2. The summed E-state index contributed by atoms with van der Waals surface area (Å²) in [6.07, 6.45) is 2.10. The van der Waals surface area contributed by atoms with E-state index in [2.05, 4.69) is 28.2 Å². The zero-order valence-electron chi connectivity index (χ0n) is 12.1. The Morgan fingerprint density at radius 3 is 2.81 bits per heavy atom. The number of aromatic nitrogens is 1. The summed E-state index contributed by atoms with van der Waals surface area (Å²) >= 11 is 0. The summed E-state index contributed by atoms with van der Waals surface area (Å²) in [5.74, 6) is 0.206. The van der Waals surface area contributed by atoms with E-state index in [1.165, 1.54) is 35.7 Å². The standard InChI is InChI=1S/C17H17FN2O/c1-20-11-12(14-5-3-4-6-16(14)20)10-19-15-8-7-13(18)9-17(15)21-2/h3-9,11,19H,10H2,1-2H3. The highest BCUT2D eigenvalue weighted by atomic mass is 19.1. The molecule has 0 atom stereocenters. The van der Waals surface area contributed by atoms with Crippen molar-refractivity contribution in [1.82, 2.24) is 4.57 Å². The van der Waals surface area contributed by atoms with Crippen LogP contribution in [-0.4, -0.2) is 11.7 Å². The van der Waals surface area contributed by atoms with Crippen LogP contribution in [0.1, 0.15) is 5.56 Å². The topological polar surface area (TPSA) is 26.2 Å². The first-order chi connectivity index (χ1) is 10.2. The molecule has 3 aromatic rings. The molecule has 0 amide bonds. The average Bonchev–Trinajstić information content (AvgIpc) is 2.83. The van der Waals surface area contributed by atoms with Gasteiger partial charge in [0, 0.05) is 36.8 Å². The van der Waals surface area contributed by atoms with E-state index in [1.54, 1.807) is 6.07 Å². The highest BCUT2D eigenvalue weighted by molar-refractivity contribution is 5.84. The normalized spacial score (nSPS) is 10.8. The SMILES string of the molecule is COc1cc(F)ccc1NCc1cn(C)c2ccccc12. The van der Waals surface area contributed by atoms with Gasteiger partial charge in [0.25, 0.3) is 0 Å². The number of rotatable bonds is 4. The van der Waals surface area contributed by atoms with Gasteiger partial charge >= 0.3 is 0 Å². The number of anilines is 1. The highest BCUT2D eigenvalue weighted by Crippen LogP contribution is 2.27. The number of nitrogens with one attached hydrogen (secondary N) is 1. The van der Waals surface area contributed by atoms with Gasteiger partial charge in [-0.05, 0) is 23.8 Å². The lowest BCUT2D eigenvalue weighted by atomic mass is 10.1. The van der Waals surface area contributed by atoms with E-state index in [0.717, 1.165) is 5.69 Å². The maximum absolute atomic E-state index is 13.2. The predicted molar refractivity (Wildman–Crippen MR) is 83.2 cm³/mol. The second-order valence-electron chi connectivity index (χ2n) is 4.98. The van der Waals surface area contributed by atoms with E-state index in [-0.39, 0.29) is 5.82 Å². The molecule has 3 rings (SSSR count). The Morgan fingerprint density at radius 2 is 2.00 bits per heavy atom. The molecule has 0 saturated heterocycles. The molecule has 0 aliphatic rings. The van der Waals surface area contributed by atoms with Gasteiger partial charge in [-0.1, -0.05) is 18.2 Å². The predicted octanol–water partition coefficient (Wildman–Crippen LogP) is 3.94. The second-order valence-corrected chi connectivity index (χ2v) is 4.98. The van der Waals surface area contributed by atoms with Gasteiger partial charge in [0.1, 0.15) is 11.6 Å². The molecule has 1 heterocycles. The Hall–Kier alpha value is -2.49. The molecule has 0 fully saturated rings. The molecule has 0 unspecified atom stereocenters. The van der Waals surface area contributed by atoms with Crippen molar-refractivity contribution >= 4 is 16.6 Å². The zero-order valence-corrected chi connectivity index (χ0v) is 12.1. The van der Waals surface area contributed by atoms with Crippen LogP contribution in [0.15, 0.2) is 48.7 Å². The summed E-state index contributed by atoms with van der Waals surface area (Å²) in [6, 6.07) is 12.8. The van der Waals surface area contributed by atoms with Crippen molar-refractivity contribution < 1.29 is 9.13 Å². The molecule has 0 aliphatic carbocycles. The van der Waals surface area contributed by atoms with Gasteiger partial charge in [-0.15, -0.1) is 0 Å². The molecule has 0 aliphatic heterocycles. The number of para-hydroxylation sites is 1. The van der Waals surface area contributed by atoms with Crippen LogP contribution in [0.25, 0.3) is 10.9 Å². The van der Waals surface area contributed by atoms with Crippen LogP contribution in [0.5, 0.6) is 5.75 Å². The number of halogens is 1. The van der Waals surface area contributed by atoms with Gasteiger partial charge in [-0.3, -0.25) is 0 Å². The van der Waals surface area contributed by atoms with E-state index in [9.17, 15) is 4.39 Å². The van der Waals surface area contributed by atoms with E-state index >= 15 is 0 Å². The van der Waals surface area contributed by atoms with Crippen molar-refractivity contribution in [3.8, 4) is 5.75 Å². The maximum atomic E-state index is 13.2. The van der Waals surface area contributed by atoms with Crippen LogP contribution < -0.4 is 10.1 Å². The first kappa shape index (κ1) is 13.5. The Labute approximate surface area is 123 Å². The number of methoxy groups -OCH3 is 1. The number of aryl methyl sites for hydroxylation is 1. The maximum Gasteiger partial charge on any atom is 0.144 e. The number of fused-ring (bicyclic) bond motifs is 1. The summed E-state index contributed by atoms with van der Waals surface area (Å²) in [5, 5.41) is 4.52. The van der Waals surface area contributed by atoms with Gasteiger partial charge in [0.05, 0.1) is 12.8 Å². The number of hydrogen-bond acceptors (Lipinski definition) is 2. The minimum absolute atomic E-state index is 0.303. The van der Waals surface area contributed by atoms with Crippen molar-refractivity contribution in [3.63, 3.8) is 0 Å². The summed E-state index contributed by atoms with van der Waals surface area (Å²) < 4.78 is 20.5. The first-order valence-corrected chi connectivity index (χ1v) is 6.79. The Bertz CT molecular complexity index is 780. The number of ether oxygens (including phenoxy) is 1. The largest absolute Gasteiger partial charge is 0.494 e. The first-order valence-electron chi connectivity index (χ1n) is 6.79. The molecule has 3 nitrogen and oxygen atoms in total. The number of nitrogens with zero attached hydrogens (tertiary/aromatic N) is 1. The van der Waals surface area contributed by atoms with Gasteiger partial charge in [0.15, 0.2) is 0 Å². The lowest BCUT2D eigenvalue weighted by molar-refractivity contribution is 0.413. The molecule has 21 heavy (non-hydrogen) atoms. The molecule has 4 heteroatoms. The molecule has 1 N–H and O–H groups in total. The zero-order chi connectivity index (χ0) is 14.8. The van der Waals surface area contributed by atoms with Gasteiger partial charge in [0.2, 0.25) is 0 Å². The van der Waals surface area contributed by atoms with Crippen LogP contribution in [0.2, 0.25) is 0 Å². The van der Waals surface area contributed by atoms with Crippen LogP contribution in [0, 0.1) is 5.82 Å². The van der Waals surface area contributed by atoms with Crippen LogP contribution in [0.3, 0.4) is 0 Å². The van der Waals surface area contributed by atoms with Crippen molar-refractivity contribution in [2.75, 3.05) is 12.4 Å². The third kappa shape index (κ3) is 2.57. The minimum Gasteiger partial charge on any atom is -0.494 e. The van der Waals surface area contributed by atoms with E-state index in [4.69, 9.17) is 4.74 Å². The average molecular weight is 284 g/mol. The fraction of sp³-hybridized carbons (Fsp3) is 0.176. The highest BCUT2D eigenvalue weighted by Gasteiger charge is 2.08. The Morgan fingerprint density at radius 1 is 1.19 bits per heavy atom.